The number of esters is 2. The highest BCUT2D eigenvalue weighted by molar-refractivity contribution is 5.97. The molecule has 2 aliphatic heterocycles. The van der Waals surface area contributed by atoms with E-state index in [2.05, 4.69) is 0 Å². The number of ether oxygens (including phenoxy) is 5. The molecule has 11 heteroatoms. The average molecular weight is 541 g/mol. The first kappa shape index (κ1) is 28.4. The highest BCUT2D eigenvalue weighted by atomic mass is 16.6. The second-order valence-electron chi connectivity index (χ2n) is 9.29. The van der Waals surface area contributed by atoms with Crippen LogP contribution >= 0.6 is 0 Å². The van der Waals surface area contributed by atoms with E-state index in [4.69, 9.17) is 23.7 Å². The van der Waals surface area contributed by atoms with Crippen LogP contribution in [0.2, 0.25) is 0 Å². The molecule has 0 spiro atoms. The van der Waals surface area contributed by atoms with Gasteiger partial charge < -0.3 is 23.7 Å². The standard InChI is InChI=1S/C28H32N2O9/c1-19(31)29-24(32)14-22-26(38-17-21-12-8-5-9-13-21)23(18-37-16-20-10-6-4-7-11-20)39-28(30(22)29,27(34)36-3)15-25(33)35-2/h4-13,22-23,26H,14-18H2,1-3H3/t22-,23+,26-,28+/m0/s1. The van der Waals surface area contributed by atoms with E-state index in [1.165, 1.54) is 11.9 Å². The number of hydrogen-bond donors (Lipinski definition) is 0. The smallest absolute Gasteiger partial charge is 0.356 e. The lowest BCUT2D eigenvalue weighted by Crippen LogP contribution is -2.73. The number of nitrogens with zero attached hydrogens (tertiary/aromatic N) is 2. The first-order chi connectivity index (χ1) is 18.8. The summed E-state index contributed by atoms with van der Waals surface area (Å²) in [5.41, 5.74) is -0.373. The van der Waals surface area contributed by atoms with Crippen LogP contribution < -0.4 is 0 Å². The van der Waals surface area contributed by atoms with E-state index >= 15 is 0 Å². The maximum atomic E-state index is 13.4. The van der Waals surface area contributed by atoms with Crippen LogP contribution in [0.5, 0.6) is 0 Å². The molecule has 0 saturated carbocycles. The van der Waals surface area contributed by atoms with Crippen molar-refractivity contribution in [1.82, 2.24) is 10.0 Å². The summed E-state index contributed by atoms with van der Waals surface area (Å²) in [5.74, 6) is -2.97. The molecule has 0 N–H and O–H groups in total. The molecule has 2 saturated heterocycles. The van der Waals surface area contributed by atoms with Crippen molar-refractivity contribution < 1.29 is 42.9 Å². The quantitative estimate of drug-likeness (QED) is 0.414. The molecule has 2 aromatic carbocycles. The van der Waals surface area contributed by atoms with Crippen LogP contribution in [-0.2, 0) is 56.1 Å². The summed E-state index contributed by atoms with van der Waals surface area (Å²) in [6, 6.07) is 18.0. The summed E-state index contributed by atoms with van der Waals surface area (Å²) < 4.78 is 28.5. The Bertz CT molecular complexity index is 1180. The molecule has 39 heavy (non-hydrogen) atoms. The Kier molecular flexibility index (Phi) is 9.08. The van der Waals surface area contributed by atoms with Crippen molar-refractivity contribution in [2.45, 2.75) is 57.0 Å². The number of hydrazine groups is 1. The average Bonchev–Trinajstić information content (AvgIpc) is 3.31. The van der Waals surface area contributed by atoms with Gasteiger partial charge in [-0.3, -0.25) is 14.4 Å². The molecule has 2 amide bonds. The van der Waals surface area contributed by atoms with Crippen molar-refractivity contribution in [2.75, 3.05) is 20.8 Å². The lowest BCUT2D eigenvalue weighted by atomic mass is 9.95. The van der Waals surface area contributed by atoms with E-state index in [9.17, 15) is 19.2 Å². The van der Waals surface area contributed by atoms with Crippen LogP contribution in [0.15, 0.2) is 60.7 Å². The van der Waals surface area contributed by atoms with E-state index in [0.29, 0.717) is 0 Å². The fourth-order valence-corrected chi connectivity index (χ4v) is 5.00. The Balaban J connectivity index is 1.72. The molecule has 2 heterocycles. The molecule has 2 fully saturated rings. The topological polar surface area (TPSA) is 121 Å². The molecule has 0 aliphatic carbocycles. The molecule has 4 atom stereocenters. The van der Waals surface area contributed by atoms with Crippen LogP contribution in [0.3, 0.4) is 0 Å². The zero-order chi connectivity index (χ0) is 28.0. The normalized spacial score (nSPS) is 24.7. The number of benzene rings is 2. The number of methoxy groups -OCH3 is 2. The minimum atomic E-state index is -2.17. The summed E-state index contributed by atoms with van der Waals surface area (Å²) >= 11 is 0. The zero-order valence-corrected chi connectivity index (χ0v) is 22.1. The van der Waals surface area contributed by atoms with Crippen LogP contribution in [0.1, 0.15) is 30.9 Å². The highest BCUT2D eigenvalue weighted by Gasteiger charge is 2.66. The Morgan fingerprint density at radius 2 is 1.56 bits per heavy atom. The molecule has 0 unspecified atom stereocenters. The predicted octanol–water partition coefficient (Wildman–Crippen LogP) is 1.98. The minimum absolute atomic E-state index is 0.0349. The third kappa shape index (κ3) is 6.01. The Labute approximate surface area is 226 Å². The summed E-state index contributed by atoms with van der Waals surface area (Å²) in [6.07, 6.45) is -2.52. The fourth-order valence-electron chi connectivity index (χ4n) is 5.00. The highest BCUT2D eigenvalue weighted by Crippen LogP contribution is 2.43. The lowest BCUT2D eigenvalue weighted by Gasteiger charge is -2.52. The van der Waals surface area contributed by atoms with Crippen molar-refractivity contribution in [3.05, 3.63) is 71.8 Å². The second kappa shape index (κ2) is 12.5. The van der Waals surface area contributed by atoms with Gasteiger partial charge in [0, 0.05) is 13.3 Å². The van der Waals surface area contributed by atoms with Gasteiger partial charge >= 0.3 is 11.9 Å². The number of carbonyl (C=O) groups is 4. The summed E-state index contributed by atoms with van der Waals surface area (Å²) in [4.78, 5) is 51.7. The molecule has 208 valence electrons. The molecular weight excluding hydrogens is 508 g/mol. The monoisotopic (exact) mass is 540 g/mol. The maximum Gasteiger partial charge on any atom is 0.356 e. The van der Waals surface area contributed by atoms with E-state index in [0.717, 1.165) is 30.4 Å². The van der Waals surface area contributed by atoms with Gasteiger partial charge in [0.25, 0.3) is 0 Å². The Hall–Kier alpha value is -3.64. The molecule has 2 aliphatic rings. The Morgan fingerprint density at radius 3 is 2.13 bits per heavy atom. The van der Waals surface area contributed by atoms with E-state index in [-0.39, 0.29) is 26.2 Å². The molecule has 4 rings (SSSR count). The molecule has 2 aromatic rings. The van der Waals surface area contributed by atoms with Crippen molar-refractivity contribution in [3.63, 3.8) is 0 Å². The minimum Gasteiger partial charge on any atom is -0.469 e. The van der Waals surface area contributed by atoms with Gasteiger partial charge in [-0.2, -0.15) is 5.01 Å². The first-order valence-electron chi connectivity index (χ1n) is 12.5. The fraction of sp³-hybridized carbons (Fsp3) is 0.429. The third-order valence-electron chi connectivity index (χ3n) is 6.70. The number of amides is 2. The first-order valence-corrected chi connectivity index (χ1v) is 12.5. The van der Waals surface area contributed by atoms with Gasteiger partial charge in [-0.05, 0) is 11.1 Å². The van der Waals surface area contributed by atoms with Gasteiger partial charge in [0.15, 0.2) is 0 Å². The Morgan fingerprint density at radius 1 is 0.949 bits per heavy atom. The number of imide groups is 1. The van der Waals surface area contributed by atoms with Gasteiger partial charge in [0.2, 0.25) is 17.5 Å². The van der Waals surface area contributed by atoms with Crippen LogP contribution in [0.4, 0.5) is 0 Å². The number of hydrogen-bond acceptors (Lipinski definition) is 10. The van der Waals surface area contributed by atoms with E-state index < -0.39 is 54.1 Å². The van der Waals surface area contributed by atoms with Gasteiger partial charge in [-0.1, -0.05) is 60.7 Å². The van der Waals surface area contributed by atoms with Gasteiger partial charge in [0.1, 0.15) is 18.6 Å². The number of rotatable bonds is 10. The lowest BCUT2D eigenvalue weighted by molar-refractivity contribution is -0.315. The zero-order valence-electron chi connectivity index (χ0n) is 22.1. The molecule has 0 bridgehead atoms. The third-order valence-corrected chi connectivity index (χ3v) is 6.70. The molecule has 0 radical (unpaired) electrons. The summed E-state index contributed by atoms with van der Waals surface area (Å²) in [5, 5.41) is 2.01. The number of fused-ring (bicyclic) bond motifs is 1. The molecule has 11 nitrogen and oxygen atoms in total. The SMILES string of the molecule is COC(=O)C[C@]1(C(=O)OC)O[C@H](COCc2ccccc2)[C@@H](OCc2ccccc2)[C@@H]2CC(=O)N(C(C)=O)N21. The number of carbonyl (C=O) groups excluding carboxylic acids is 4. The van der Waals surface area contributed by atoms with E-state index in [1.807, 2.05) is 60.7 Å². The van der Waals surface area contributed by atoms with E-state index in [1.54, 1.807) is 0 Å². The van der Waals surface area contributed by atoms with Crippen LogP contribution in [0.25, 0.3) is 0 Å². The molecular formula is C28H32N2O9. The predicted molar refractivity (Wildman–Crippen MR) is 135 cm³/mol. The maximum absolute atomic E-state index is 13.4. The van der Waals surface area contributed by atoms with Crippen molar-refractivity contribution in [3.8, 4) is 0 Å². The van der Waals surface area contributed by atoms with Crippen molar-refractivity contribution in [2.24, 2.45) is 0 Å². The van der Waals surface area contributed by atoms with Crippen molar-refractivity contribution >= 4 is 23.8 Å². The van der Waals surface area contributed by atoms with Gasteiger partial charge in [-0.15, -0.1) is 0 Å². The van der Waals surface area contributed by atoms with Crippen molar-refractivity contribution in [1.29, 1.82) is 0 Å². The van der Waals surface area contributed by atoms with Gasteiger partial charge in [-0.25, -0.2) is 9.80 Å². The largest absolute Gasteiger partial charge is 0.469 e. The summed E-state index contributed by atoms with van der Waals surface area (Å²) in [7, 11) is 2.30. The van der Waals surface area contributed by atoms with Gasteiger partial charge in [0.05, 0.1) is 40.1 Å². The van der Waals surface area contributed by atoms with Crippen LogP contribution in [0, 0.1) is 0 Å². The molecule has 0 aromatic heterocycles. The summed E-state index contributed by atoms with van der Waals surface area (Å²) in [6.45, 7) is 1.58. The van der Waals surface area contributed by atoms with Crippen LogP contribution in [-0.4, -0.2) is 78.6 Å². The second-order valence-corrected chi connectivity index (χ2v) is 9.29.